The lowest BCUT2D eigenvalue weighted by atomic mass is 9.99. The Balaban J connectivity index is 2.04. The van der Waals surface area contributed by atoms with Gasteiger partial charge in [0.25, 0.3) is 0 Å². The van der Waals surface area contributed by atoms with Gasteiger partial charge in [0.1, 0.15) is 11.3 Å². The third-order valence-electron chi connectivity index (χ3n) is 4.55. The lowest BCUT2D eigenvalue weighted by Gasteiger charge is -2.15. The molecule has 0 unspecified atom stereocenters. The van der Waals surface area contributed by atoms with Crippen molar-refractivity contribution in [1.29, 1.82) is 0 Å². The smallest absolute Gasteiger partial charge is 0.203 e. The fourth-order valence-corrected chi connectivity index (χ4v) is 3.36. The monoisotopic (exact) mass is 350 g/mol. The van der Waals surface area contributed by atoms with E-state index in [1.807, 2.05) is 36.4 Å². The van der Waals surface area contributed by atoms with Gasteiger partial charge < -0.3 is 23.7 Å². The van der Waals surface area contributed by atoms with E-state index < -0.39 is 0 Å². The second-order valence-electron chi connectivity index (χ2n) is 5.85. The molecule has 1 aromatic heterocycles. The molecule has 0 aliphatic heterocycles. The van der Waals surface area contributed by atoms with Crippen molar-refractivity contribution in [2.45, 2.75) is 0 Å². The molecule has 0 saturated heterocycles. The van der Waals surface area contributed by atoms with Crippen LogP contribution in [0.25, 0.3) is 32.9 Å². The molecule has 0 aliphatic rings. The minimum atomic E-state index is 0.204. The minimum absolute atomic E-state index is 0.204. The average Bonchev–Trinajstić information content (AvgIpc) is 3.10. The van der Waals surface area contributed by atoms with Gasteiger partial charge in [-0.05, 0) is 18.2 Å². The number of phenols is 1. The molecule has 0 bridgehead atoms. The van der Waals surface area contributed by atoms with Crippen LogP contribution in [0.2, 0.25) is 0 Å². The maximum absolute atomic E-state index is 10.5. The Labute approximate surface area is 150 Å². The summed E-state index contributed by atoms with van der Waals surface area (Å²) >= 11 is 0. The van der Waals surface area contributed by atoms with E-state index >= 15 is 0 Å². The molecule has 0 fully saturated rings. The average molecular weight is 350 g/mol. The first-order valence-electron chi connectivity index (χ1n) is 8.10. The van der Waals surface area contributed by atoms with Gasteiger partial charge in [-0.2, -0.15) is 0 Å². The number of benzene rings is 3. The molecule has 0 saturated carbocycles. The summed E-state index contributed by atoms with van der Waals surface area (Å²) in [6.45, 7) is 0. The van der Waals surface area contributed by atoms with E-state index in [0.717, 1.165) is 27.3 Å². The summed E-state index contributed by atoms with van der Waals surface area (Å²) in [5.41, 5.74) is 2.31. The van der Waals surface area contributed by atoms with Crippen LogP contribution >= 0.6 is 0 Å². The van der Waals surface area contributed by atoms with Crippen molar-refractivity contribution in [2.24, 2.45) is 0 Å². The minimum Gasteiger partial charge on any atom is -0.507 e. The van der Waals surface area contributed by atoms with E-state index in [9.17, 15) is 5.11 Å². The molecule has 0 amide bonds. The number of furan rings is 1. The van der Waals surface area contributed by atoms with E-state index in [0.29, 0.717) is 22.8 Å². The third kappa shape index (κ3) is 2.24. The number of phenolic OH excluding ortho intramolecular Hbond substituents is 1. The van der Waals surface area contributed by atoms with Gasteiger partial charge >= 0.3 is 0 Å². The van der Waals surface area contributed by atoms with Crippen molar-refractivity contribution in [3.8, 4) is 34.1 Å². The van der Waals surface area contributed by atoms with E-state index in [-0.39, 0.29) is 5.75 Å². The van der Waals surface area contributed by atoms with Crippen molar-refractivity contribution in [1.82, 2.24) is 0 Å². The molecule has 4 rings (SSSR count). The molecule has 1 heterocycles. The second-order valence-corrected chi connectivity index (χ2v) is 5.85. The number of ether oxygens (including phenoxy) is 3. The van der Waals surface area contributed by atoms with E-state index in [1.54, 1.807) is 33.7 Å². The predicted molar refractivity (Wildman–Crippen MR) is 100 cm³/mol. The van der Waals surface area contributed by atoms with Crippen LogP contribution < -0.4 is 14.2 Å². The van der Waals surface area contributed by atoms with Crippen molar-refractivity contribution in [2.75, 3.05) is 21.3 Å². The standard InChI is InChI=1S/C21H18O5/c1-23-18-9-8-14(20(24-2)21(18)25-3)16-11-26-19-13-7-5-4-6-12(13)17(22)10-15(16)19/h4-11,22H,1-3H3. The normalized spacial score (nSPS) is 11.0. The summed E-state index contributed by atoms with van der Waals surface area (Å²) in [7, 11) is 4.72. The molecule has 0 spiro atoms. The Morgan fingerprint density at radius 3 is 2.19 bits per heavy atom. The quantitative estimate of drug-likeness (QED) is 0.562. The van der Waals surface area contributed by atoms with Crippen molar-refractivity contribution in [3.05, 3.63) is 48.7 Å². The summed E-state index contributed by atoms with van der Waals surface area (Å²) in [5.74, 6) is 1.83. The highest BCUT2D eigenvalue weighted by atomic mass is 16.5. The Morgan fingerprint density at radius 2 is 1.50 bits per heavy atom. The highest BCUT2D eigenvalue weighted by molar-refractivity contribution is 6.12. The van der Waals surface area contributed by atoms with Gasteiger partial charge in [-0.15, -0.1) is 0 Å². The molecule has 0 aliphatic carbocycles. The summed E-state index contributed by atoms with van der Waals surface area (Å²) < 4.78 is 22.3. The van der Waals surface area contributed by atoms with Crippen LogP contribution in [0, 0.1) is 0 Å². The molecule has 1 N–H and O–H groups in total. The number of fused-ring (bicyclic) bond motifs is 3. The van der Waals surface area contributed by atoms with E-state index in [4.69, 9.17) is 18.6 Å². The molecule has 4 aromatic rings. The van der Waals surface area contributed by atoms with Crippen LogP contribution in [-0.2, 0) is 0 Å². The highest BCUT2D eigenvalue weighted by Crippen LogP contribution is 2.47. The van der Waals surface area contributed by atoms with Gasteiger partial charge in [0, 0.05) is 27.3 Å². The van der Waals surface area contributed by atoms with Gasteiger partial charge in [-0.3, -0.25) is 0 Å². The number of hydrogen-bond donors (Lipinski definition) is 1. The van der Waals surface area contributed by atoms with Crippen LogP contribution in [0.5, 0.6) is 23.0 Å². The lowest BCUT2D eigenvalue weighted by molar-refractivity contribution is 0.325. The summed E-state index contributed by atoms with van der Waals surface area (Å²) in [4.78, 5) is 0. The van der Waals surface area contributed by atoms with Gasteiger partial charge in [0.05, 0.1) is 27.6 Å². The van der Waals surface area contributed by atoms with Crippen molar-refractivity contribution in [3.63, 3.8) is 0 Å². The topological polar surface area (TPSA) is 61.1 Å². The molecule has 5 heteroatoms. The first-order valence-corrected chi connectivity index (χ1v) is 8.10. The first kappa shape index (κ1) is 16.1. The zero-order valence-electron chi connectivity index (χ0n) is 14.7. The summed E-state index contributed by atoms with van der Waals surface area (Å²) in [6.07, 6.45) is 1.67. The van der Waals surface area contributed by atoms with E-state index in [1.165, 1.54) is 0 Å². The Morgan fingerprint density at radius 1 is 0.769 bits per heavy atom. The molecule has 5 nitrogen and oxygen atoms in total. The van der Waals surface area contributed by atoms with Gasteiger partial charge in [0.15, 0.2) is 11.5 Å². The van der Waals surface area contributed by atoms with Gasteiger partial charge in [0.2, 0.25) is 5.75 Å². The maximum atomic E-state index is 10.5. The first-order chi connectivity index (χ1) is 12.7. The number of aromatic hydroxyl groups is 1. The fraction of sp³-hybridized carbons (Fsp3) is 0.143. The predicted octanol–water partition coefficient (Wildman–Crippen LogP) is 4.98. The van der Waals surface area contributed by atoms with Crippen LogP contribution in [0.3, 0.4) is 0 Å². The fourth-order valence-electron chi connectivity index (χ4n) is 3.36. The highest BCUT2D eigenvalue weighted by Gasteiger charge is 2.21. The van der Waals surface area contributed by atoms with Crippen LogP contribution in [0.4, 0.5) is 0 Å². The van der Waals surface area contributed by atoms with Crippen molar-refractivity contribution < 1.29 is 23.7 Å². The molecule has 132 valence electrons. The van der Waals surface area contributed by atoms with Gasteiger partial charge in [-0.1, -0.05) is 24.3 Å². The Bertz CT molecular complexity index is 1110. The maximum Gasteiger partial charge on any atom is 0.203 e. The van der Waals surface area contributed by atoms with Crippen LogP contribution in [0.1, 0.15) is 0 Å². The largest absolute Gasteiger partial charge is 0.507 e. The number of rotatable bonds is 4. The van der Waals surface area contributed by atoms with Gasteiger partial charge in [-0.25, -0.2) is 0 Å². The molecule has 0 atom stereocenters. The molecular formula is C21H18O5. The third-order valence-corrected chi connectivity index (χ3v) is 4.55. The van der Waals surface area contributed by atoms with Crippen molar-refractivity contribution >= 4 is 21.7 Å². The van der Waals surface area contributed by atoms with Crippen LogP contribution in [-0.4, -0.2) is 26.4 Å². The summed E-state index contributed by atoms with van der Waals surface area (Å²) in [5, 5.41) is 12.9. The number of hydrogen-bond acceptors (Lipinski definition) is 5. The van der Waals surface area contributed by atoms with Crippen LogP contribution in [0.15, 0.2) is 53.1 Å². The lowest BCUT2D eigenvalue weighted by Crippen LogP contribution is -1.96. The van der Waals surface area contributed by atoms with E-state index in [2.05, 4.69) is 0 Å². The number of methoxy groups -OCH3 is 3. The zero-order chi connectivity index (χ0) is 18.3. The molecule has 26 heavy (non-hydrogen) atoms. The summed E-state index contributed by atoms with van der Waals surface area (Å²) in [6, 6.07) is 13.0. The molecule has 3 aromatic carbocycles. The zero-order valence-corrected chi connectivity index (χ0v) is 14.7. The Kier molecular flexibility index (Phi) is 3.84. The molecular weight excluding hydrogens is 332 g/mol. The molecule has 0 radical (unpaired) electrons. The Hall–Kier alpha value is -3.34. The SMILES string of the molecule is COc1ccc(-c2coc3c2cc(O)c2ccccc23)c(OC)c1OC. The second kappa shape index (κ2) is 6.19.